The summed E-state index contributed by atoms with van der Waals surface area (Å²) in [5.74, 6) is -1.06. The van der Waals surface area contributed by atoms with Gasteiger partial charge in [-0.25, -0.2) is 4.79 Å². The molecule has 1 aliphatic rings. The Kier molecular flexibility index (Phi) is 3.71. The molecule has 0 radical (unpaired) electrons. The Labute approximate surface area is 114 Å². The summed E-state index contributed by atoms with van der Waals surface area (Å²) in [6, 6.07) is 4.71. The van der Waals surface area contributed by atoms with Gasteiger partial charge in [-0.3, -0.25) is 9.69 Å². The molecule has 1 fully saturated rings. The first-order valence-electron chi connectivity index (χ1n) is 5.81. The minimum absolute atomic E-state index is 0.115. The van der Waals surface area contributed by atoms with Gasteiger partial charge in [0, 0.05) is 16.6 Å². The number of hydrogen-bond acceptors (Lipinski definition) is 2. The Hall–Kier alpha value is -1.36. The highest BCUT2D eigenvalue weighted by molar-refractivity contribution is 9.10. The molecule has 18 heavy (non-hydrogen) atoms. The number of piperidine rings is 1. The smallest absolute Gasteiger partial charge is 0.326 e. The van der Waals surface area contributed by atoms with Crippen molar-refractivity contribution >= 4 is 33.5 Å². The first-order chi connectivity index (χ1) is 8.50. The lowest BCUT2D eigenvalue weighted by Crippen LogP contribution is -2.48. The molecule has 0 aliphatic carbocycles. The van der Waals surface area contributed by atoms with Crippen LogP contribution in [-0.2, 0) is 9.59 Å². The minimum Gasteiger partial charge on any atom is -0.480 e. The van der Waals surface area contributed by atoms with Crippen LogP contribution in [0.3, 0.4) is 0 Å². The number of carbonyl (C=O) groups is 2. The van der Waals surface area contributed by atoms with Crippen molar-refractivity contribution in [3.63, 3.8) is 0 Å². The second-order valence-electron chi connectivity index (χ2n) is 4.44. The van der Waals surface area contributed by atoms with Gasteiger partial charge >= 0.3 is 5.97 Å². The van der Waals surface area contributed by atoms with Gasteiger partial charge in [0.25, 0.3) is 0 Å². The normalized spacial score (nSPS) is 20.0. The summed E-state index contributed by atoms with van der Waals surface area (Å²) < 4.78 is 0.947. The van der Waals surface area contributed by atoms with Crippen LogP contribution in [0.25, 0.3) is 0 Å². The molecular formula is C13H14BrNO3. The highest BCUT2D eigenvalue weighted by atomic mass is 79.9. The molecule has 1 unspecified atom stereocenters. The number of aryl methyl sites for hydroxylation is 1. The van der Waals surface area contributed by atoms with Crippen LogP contribution >= 0.6 is 15.9 Å². The third-order valence-electron chi connectivity index (χ3n) is 3.15. The first kappa shape index (κ1) is 13.1. The molecule has 5 heteroatoms. The van der Waals surface area contributed by atoms with E-state index in [0.717, 1.165) is 10.0 Å². The van der Waals surface area contributed by atoms with Crippen LogP contribution in [0.2, 0.25) is 0 Å². The Morgan fingerprint density at radius 1 is 1.50 bits per heavy atom. The van der Waals surface area contributed by atoms with E-state index >= 15 is 0 Å². The van der Waals surface area contributed by atoms with Crippen molar-refractivity contribution in [1.29, 1.82) is 0 Å². The van der Waals surface area contributed by atoms with E-state index in [1.54, 1.807) is 6.07 Å². The molecule has 0 bridgehead atoms. The highest BCUT2D eigenvalue weighted by Crippen LogP contribution is 2.29. The van der Waals surface area contributed by atoms with Gasteiger partial charge < -0.3 is 5.11 Å². The van der Waals surface area contributed by atoms with Crippen LogP contribution in [0.4, 0.5) is 5.69 Å². The number of halogens is 1. The predicted octanol–water partition coefficient (Wildman–Crippen LogP) is 2.73. The van der Waals surface area contributed by atoms with Crippen molar-refractivity contribution in [1.82, 2.24) is 0 Å². The average molecular weight is 312 g/mol. The molecule has 0 aromatic heterocycles. The summed E-state index contributed by atoms with van der Waals surface area (Å²) >= 11 is 3.39. The minimum atomic E-state index is -0.941. The summed E-state index contributed by atoms with van der Waals surface area (Å²) in [6.45, 7) is 1.91. The molecule has 1 atom stereocenters. The third-order valence-corrected chi connectivity index (χ3v) is 4.04. The largest absolute Gasteiger partial charge is 0.480 e. The SMILES string of the molecule is Cc1cc(N2C(=O)CCCC2C(=O)O)ccc1Br. The van der Waals surface area contributed by atoms with E-state index in [2.05, 4.69) is 15.9 Å². The Bertz CT molecular complexity index is 501. The highest BCUT2D eigenvalue weighted by Gasteiger charge is 2.34. The Morgan fingerprint density at radius 2 is 2.22 bits per heavy atom. The maximum Gasteiger partial charge on any atom is 0.326 e. The topological polar surface area (TPSA) is 57.6 Å². The molecule has 96 valence electrons. The van der Waals surface area contributed by atoms with Crippen LogP contribution in [0.5, 0.6) is 0 Å². The summed E-state index contributed by atoms with van der Waals surface area (Å²) in [7, 11) is 0. The van der Waals surface area contributed by atoms with Gasteiger partial charge in [0.15, 0.2) is 0 Å². The monoisotopic (exact) mass is 311 g/mol. The predicted molar refractivity (Wildman–Crippen MR) is 71.6 cm³/mol. The fourth-order valence-corrected chi connectivity index (χ4v) is 2.45. The number of nitrogens with zero attached hydrogens (tertiary/aromatic N) is 1. The molecule has 1 N–H and O–H groups in total. The van der Waals surface area contributed by atoms with E-state index in [1.807, 2.05) is 19.1 Å². The van der Waals surface area contributed by atoms with Crippen molar-refractivity contribution in [2.45, 2.75) is 32.2 Å². The van der Waals surface area contributed by atoms with E-state index in [-0.39, 0.29) is 5.91 Å². The number of anilines is 1. The molecule has 0 saturated carbocycles. The molecule has 1 aromatic rings. The number of carboxylic acids is 1. The number of carboxylic acid groups (broad SMARTS) is 1. The molecule has 4 nitrogen and oxygen atoms in total. The van der Waals surface area contributed by atoms with E-state index in [1.165, 1.54) is 4.90 Å². The third kappa shape index (κ3) is 2.41. The number of amides is 1. The van der Waals surface area contributed by atoms with Crippen LogP contribution in [-0.4, -0.2) is 23.0 Å². The Balaban J connectivity index is 2.40. The lowest BCUT2D eigenvalue weighted by atomic mass is 10.0. The van der Waals surface area contributed by atoms with Crippen molar-refractivity contribution in [2.24, 2.45) is 0 Å². The first-order valence-corrected chi connectivity index (χ1v) is 6.61. The second-order valence-corrected chi connectivity index (χ2v) is 5.30. The summed E-state index contributed by atoms with van der Waals surface area (Å²) in [5.41, 5.74) is 1.64. The van der Waals surface area contributed by atoms with Crippen LogP contribution < -0.4 is 4.90 Å². The number of carbonyl (C=O) groups excluding carboxylic acids is 1. The summed E-state index contributed by atoms with van der Waals surface area (Å²) in [4.78, 5) is 24.6. The van der Waals surface area contributed by atoms with Gasteiger partial charge in [-0.05, 0) is 43.5 Å². The fourth-order valence-electron chi connectivity index (χ4n) is 2.21. The van der Waals surface area contributed by atoms with Crippen molar-refractivity contribution in [3.8, 4) is 0 Å². The van der Waals surface area contributed by atoms with E-state index in [4.69, 9.17) is 0 Å². The molecule has 1 saturated heterocycles. The van der Waals surface area contributed by atoms with Gasteiger partial charge in [-0.2, -0.15) is 0 Å². The van der Waals surface area contributed by atoms with Gasteiger partial charge in [0.1, 0.15) is 6.04 Å². The second kappa shape index (κ2) is 5.10. The van der Waals surface area contributed by atoms with Gasteiger partial charge in [-0.15, -0.1) is 0 Å². The molecule has 1 amide bonds. The fraction of sp³-hybridized carbons (Fsp3) is 0.385. The molecule has 1 aromatic carbocycles. The van der Waals surface area contributed by atoms with Crippen LogP contribution in [0, 0.1) is 6.92 Å². The lowest BCUT2D eigenvalue weighted by Gasteiger charge is -2.33. The zero-order valence-corrected chi connectivity index (χ0v) is 11.6. The zero-order chi connectivity index (χ0) is 13.3. The van der Waals surface area contributed by atoms with Gasteiger partial charge in [-0.1, -0.05) is 15.9 Å². The maximum absolute atomic E-state index is 12.0. The van der Waals surface area contributed by atoms with Crippen LogP contribution in [0.1, 0.15) is 24.8 Å². The number of rotatable bonds is 2. The quantitative estimate of drug-likeness (QED) is 0.913. The van der Waals surface area contributed by atoms with E-state index in [0.29, 0.717) is 24.9 Å². The standard InChI is InChI=1S/C13H14BrNO3/c1-8-7-9(5-6-10(8)14)15-11(13(17)18)3-2-4-12(15)16/h5-7,11H,2-4H2,1H3,(H,17,18). The van der Waals surface area contributed by atoms with E-state index < -0.39 is 12.0 Å². The van der Waals surface area contributed by atoms with Crippen LogP contribution in [0.15, 0.2) is 22.7 Å². The molecule has 1 heterocycles. The van der Waals surface area contributed by atoms with Crippen molar-refractivity contribution in [3.05, 3.63) is 28.2 Å². The summed E-state index contributed by atoms with van der Waals surface area (Å²) in [5, 5.41) is 9.21. The lowest BCUT2D eigenvalue weighted by molar-refractivity contribution is -0.141. The molecule has 2 rings (SSSR count). The van der Waals surface area contributed by atoms with E-state index in [9.17, 15) is 14.7 Å². The maximum atomic E-state index is 12.0. The van der Waals surface area contributed by atoms with Crippen molar-refractivity contribution < 1.29 is 14.7 Å². The summed E-state index contributed by atoms with van der Waals surface area (Å²) in [6.07, 6.45) is 1.57. The van der Waals surface area contributed by atoms with Gasteiger partial charge in [0.05, 0.1) is 0 Å². The number of hydrogen-bond donors (Lipinski definition) is 1. The number of aliphatic carboxylic acids is 1. The average Bonchev–Trinajstić information content (AvgIpc) is 2.32. The molecule has 0 spiro atoms. The number of benzene rings is 1. The molecule has 1 aliphatic heterocycles. The van der Waals surface area contributed by atoms with Crippen molar-refractivity contribution in [2.75, 3.05) is 4.90 Å². The Morgan fingerprint density at radius 3 is 2.83 bits per heavy atom. The molecular weight excluding hydrogens is 298 g/mol. The zero-order valence-electron chi connectivity index (χ0n) is 10.0. The van der Waals surface area contributed by atoms with Gasteiger partial charge in [0.2, 0.25) is 5.91 Å².